The van der Waals surface area contributed by atoms with E-state index in [1.54, 1.807) is 4.90 Å². The van der Waals surface area contributed by atoms with E-state index in [0.29, 0.717) is 0 Å². The summed E-state index contributed by atoms with van der Waals surface area (Å²) < 4.78 is 40.8. The first-order chi connectivity index (χ1) is 14.7. The molecule has 1 N–H and O–H groups in total. The molecule has 7 nitrogen and oxygen atoms in total. The van der Waals surface area contributed by atoms with Crippen LogP contribution >= 0.6 is 0 Å². The molecule has 1 saturated heterocycles. The number of piperazine rings is 1. The SMILES string of the molecule is CC(C)[C@@H](NC(=O)C1CCCCC1)C(=O)N1CCN(S(=O)(=O)c2ccccc2F)CC1. The van der Waals surface area contributed by atoms with Crippen LogP contribution < -0.4 is 5.32 Å². The highest BCUT2D eigenvalue weighted by Crippen LogP contribution is 2.25. The van der Waals surface area contributed by atoms with E-state index in [0.717, 1.165) is 38.2 Å². The van der Waals surface area contributed by atoms with Gasteiger partial charge in [-0.3, -0.25) is 9.59 Å². The van der Waals surface area contributed by atoms with Gasteiger partial charge in [-0.05, 0) is 30.9 Å². The van der Waals surface area contributed by atoms with Gasteiger partial charge in [0, 0.05) is 32.1 Å². The van der Waals surface area contributed by atoms with E-state index >= 15 is 0 Å². The molecule has 0 spiro atoms. The third kappa shape index (κ3) is 5.44. The molecule has 2 aliphatic rings. The van der Waals surface area contributed by atoms with E-state index in [9.17, 15) is 22.4 Å². The molecule has 1 aliphatic carbocycles. The first kappa shape index (κ1) is 23.7. The zero-order chi connectivity index (χ0) is 22.6. The van der Waals surface area contributed by atoms with Gasteiger partial charge in [-0.15, -0.1) is 0 Å². The highest BCUT2D eigenvalue weighted by molar-refractivity contribution is 7.89. The van der Waals surface area contributed by atoms with Crippen LogP contribution in [0.2, 0.25) is 0 Å². The zero-order valence-corrected chi connectivity index (χ0v) is 19.0. The number of carbonyl (C=O) groups excluding carboxylic acids is 2. The summed E-state index contributed by atoms with van der Waals surface area (Å²) in [5.41, 5.74) is 0. The monoisotopic (exact) mass is 453 g/mol. The molecular weight excluding hydrogens is 421 g/mol. The molecule has 1 heterocycles. The first-order valence-electron chi connectivity index (χ1n) is 11.1. The lowest BCUT2D eigenvalue weighted by molar-refractivity contribution is -0.139. The minimum absolute atomic E-state index is 0.0365. The summed E-state index contributed by atoms with van der Waals surface area (Å²) in [7, 11) is -3.96. The number of benzene rings is 1. The van der Waals surface area contributed by atoms with Gasteiger partial charge in [0.15, 0.2) is 0 Å². The topological polar surface area (TPSA) is 86.8 Å². The third-order valence-electron chi connectivity index (χ3n) is 6.21. The third-order valence-corrected chi connectivity index (χ3v) is 8.14. The van der Waals surface area contributed by atoms with Crippen LogP contribution in [0.5, 0.6) is 0 Å². The van der Waals surface area contributed by atoms with E-state index in [-0.39, 0.29) is 54.7 Å². The predicted octanol–water partition coefficient (Wildman–Crippen LogP) is 2.38. The maximum absolute atomic E-state index is 14.0. The Balaban J connectivity index is 1.62. The van der Waals surface area contributed by atoms with Crippen molar-refractivity contribution >= 4 is 21.8 Å². The molecule has 2 amide bonds. The number of sulfonamides is 1. The maximum Gasteiger partial charge on any atom is 0.246 e. The quantitative estimate of drug-likeness (QED) is 0.717. The van der Waals surface area contributed by atoms with Crippen molar-refractivity contribution in [2.24, 2.45) is 11.8 Å². The lowest BCUT2D eigenvalue weighted by Gasteiger charge is -2.37. The molecule has 1 aromatic rings. The van der Waals surface area contributed by atoms with Crippen LogP contribution in [-0.4, -0.2) is 61.7 Å². The van der Waals surface area contributed by atoms with Gasteiger partial charge in [-0.2, -0.15) is 4.31 Å². The second-order valence-electron chi connectivity index (χ2n) is 8.73. The van der Waals surface area contributed by atoms with E-state index in [1.807, 2.05) is 13.8 Å². The van der Waals surface area contributed by atoms with Crippen molar-refractivity contribution in [1.82, 2.24) is 14.5 Å². The van der Waals surface area contributed by atoms with Crippen molar-refractivity contribution in [3.8, 4) is 0 Å². The van der Waals surface area contributed by atoms with Crippen molar-refractivity contribution in [1.29, 1.82) is 0 Å². The fourth-order valence-electron chi connectivity index (χ4n) is 4.29. The predicted molar refractivity (Wildman–Crippen MR) is 115 cm³/mol. The Morgan fingerprint density at radius 2 is 1.65 bits per heavy atom. The molecule has 1 aliphatic heterocycles. The van der Waals surface area contributed by atoms with Gasteiger partial charge in [-0.1, -0.05) is 45.2 Å². The van der Waals surface area contributed by atoms with Crippen LogP contribution in [0.1, 0.15) is 46.0 Å². The summed E-state index contributed by atoms with van der Waals surface area (Å²) in [5, 5.41) is 2.95. The summed E-state index contributed by atoms with van der Waals surface area (Å²) >= 11 is 0. The Labute approximate surface area is 184 Å². The van der Waals surface area contributed by atoms with Crippen molar-refractivity contribution in [2.45, 2.75) is 56.9 Å². The van der Waals surface area contributed by atoms with Crippen LogP contribution in [0.4, 0.5) is 4.39 Å². The van der Waals surface area contributed by atoms with Gasteiger partial charge in [0.05, 0.1) is 0 Å². The molecule has 3 rings (SSSR count). The summed E-state index contributed by atoms with van der Waals surface area (Å²) in [6, 6.07) is 4.66. The minimum Gasteiger partial charge on any atom is -0.344 e. The number of rotatable bonds is 6. The minimum atomic E-state index is -3.96. The molecule has 1 atom stereocenters. The number of halogens is 1. The standard InChI is InChI=1S/C22H32FN3O4S/c1-16(2)20(24-21(27)17-8-4-3-5-9-17)22(28)25-12-14-26(15-13-25)31(29,30)19-11-7-6-10-18(19)23/h6-7,10-11,16-17,20H,3-5,8-9,12-15H2,1-2H3,(H,24,27)/t20-/m1/s1. The van der Waals surface area contributed by atoms with E-state index < -0.39 is 21.9 Å². The molecule has 9 heteroatoms. The molecule has 0 radical (unpaired) electrons. The Bertz CT molecular complexity index is 892. The molecule has 172 valence electrons. The number of hydrogen-bond acceptors (Lipinski definition) is 4. The normalized spacial score (nSPS) is 19.9. The molecule has 0 bridgehead atoms. The highest BCUT2D eigenvalue weighted by Gasteiger charge is 2.36. The number of nitrogens with zero attached hydrogens (tertiary/aromatic N) is 2. The zero-order valence-electron chi connectivity index (χ0n) is 18.2. The first-order valence-corrected chi connectivity index (χ1v) is 12.5. The fourth-order valence-corrected chi connectivity index (χ4v) is 5.78. The van der Waals surface area contributed by atoms with E-state index in [2.05, 4.69) is 5.32 Å². The van der Waals surface area contributed by atoms with Crippen LogP contribution in [0.15, 0.2) is 29.2 Å². The summed E-state index contributed by atoms with van der Waals surface area (Å²) in [6.07, 6.45) is 4.94. The number of hydrogen-bond donors (Lipinski definition) is 1. The van der Waals surface area contributed by atoms with Crippen molar-refractivity contribution in [3.63, 3.8) is 0 Å². The lowest BCUT2D eigenvalue weighted by Crippen LogP contribution is -2.57. The van der Waals surface area contributed by atoms with E-state index in [4.69, 9.17) is 0 Å². The summed E-state index contributed by atoms with van der Waals surface area (Å²) in [6.45, 7) is 4.36. The number of amides is 2. The average Bonchev–Trinajstić information content (AvgIpc) is 2.77. The summed E-state index contributed by atoms with van der Waals surface area (Å²) in [5.74, 6) is -1.16. The molecule has 0 unspecified atom stereocenters. The van der Waals surface area contributed by atoms with Crippen LogP contribution in [0.25, 0.3) is 0 Å². The van der Waals surface area contributed by atoms with Crippen molar-refractivity contribution < 1.29 is 22.4 Å². The Morgan fingerprint density at radius 1 is 1.03 bits per heavy atom. The van der Waals surface area contributed by atoms with Gasteiger partial charge in [0.25, 0.3) is 0 Å². The van der Waals surface area contributed by atoms with Crippen LogP contribution in [-0.2, 0) is 19.6 Å². The highest BCUT2D eigenvalue weighted by atomic mass is 32.2. The van der Waals surface area contributed by atoms with Crippen LogP contribution in [0.3, 0.4) is 0 Å². The summed E-state index contributed by atoms with van der Waals surface area (Å²) in [4.78, 5) is 27.0. The average molecular weight is 454 g/mol. The number of carbonyl (C=O) groups is 2. The Kier molecular flexibility index (Phi) is 7.69. The van der Waals surface area contributed by atoms with E-state index in [1.165, 1.54) is 22.5 Å². The van der Waals surface area contributed by atoms with Gasteiger partial charge >= 0.3 is 0 Å². The molecule has 31 heavy (non-hydrogen) atoms. The van der Waals surface area contributed by atoms with Gasteiger partial charge < -0.3 is 10.2 Å². The molecule has 0 aromatic heterocycles. The Hall–Kier alpha value is -2.00. The van der Waals surface area contributed by atoms with Crippen molar-refractivity contribution in [2.75, 3.05) is 26.2 Å². The Morgan fingerprint density at radius 3 is 2.23 bits per heavy atom. The smallest absolute Gasteiger partial charge is 0.246 e. The molecular formula is C22H32FN3O4S. The second kappa shape index (κ2) is 10.1. The molecule has 1 saturated carbocycles. The van der Waals surface area contributed by atoms with Gasteiger partial charge in [0.1, 0.15) is 16.8 Å². The van der Waals surface area contributed by atoms with Gasteiger partial charge in [0.2, 0.25) is 21.8 Å². The fraction of sp³-hybridized carbons (Fsp3) is 0.636. The second-order valence-corrected chi connectivity index (χ2v) is 10.6. The van der Waals surface area contributed by atoms with Crippen LogP contribution in [0, 0.1) is 17.7 Å². The maximum atomic E-state index is 14.0. The number of nitrogens with one attached hydrogen (secondary N) is 1. The molecule has 1 aromatic carbocycles. The lowest BCUT2D eigenvalue weighted by atomic mass is 9.88. The largest absolute Gasteiger partial charge is 0.344 e. The van der Waals surface area contributed by atoms with Crippen molar-refractivity contribution in [3.05, 3.63) is 30.1 Å². The van der Waals surface area contributed by atoms with Gasteiger partial charge in [-0.25, -0.2) is 12.8 Å². The molecule has 2 fully saturated rings.